The maximum Gasteiger partial charge on any atom is 0.256 e. The van der Waals surface area contributed by atoms with E-state index in [0.717, 1.165) is 12.3 Å². The van der Waals surface area contributed by atoms with E-state index in [1.165, 1.54) is 21.3 Å². The number of hydrogen-bond acceptors (Lipinski definition) is 4. The molecule has 0 bridgehead atoms. The summed E-state index contributed by atoms with van der Waals surface area (Å²) >= 11 is 0. The number of amides is 1. The van der Waals surface area contributed by atoms with Crippen LogP contribution in [0.5, 0.6) is 0 Å². The van der Waals surface area contributed by atoms with Crippen LogP contribution in [0.15, 0.2) is 18.2 Å². The van der Waals surface area contributed by atoms with Gasteiger partial charge in [-0.2, -0.15) is 4.31 Å². The van der Waals surface area contributed by atoms with Crippen LogP contribution in [0, 0.1) is 5.82 Å². The van der Waals surface area contributed by atoms with Crippen LogP contribution < -0.4 is 5.73 Å². The Morgan fingerprint density at radius 3 is 2.35 bits per heavy atom. The second kappa shape index (κ2) is 5.37. The Bertz CT molecular complexity index is 625. The van der Waals surface area contributed by atoms with Crippen LogP contribution in [0.1, 0.15) is 10.4 Å². The molecule has 110 valence electrons. The van der Waals surface area contributed by atoms with Crippen LogP contribution in [0.2, 0.25) is 0 Å². The molecule has 0 saturated carbocycles. The molecule has 0 unspecified atom stereocenters. The maximum absolute atomic E-state index is 13.7. The number of halogens is 1. The van der Waals surface area contributed by atoms with Crippen LogP contribution in [0.4, 0.5) is 10.1 Å². The summed E-state index contributed by atoms with van der Waals surface area (Å²) in [4.78, 5) is 13.6. The monoisotopic (exact) mass is 301 g/mol. The molecule has 0 aromatic heterocycles. The average molecular weight is 301 g/mol. The minimum Gasteiger partial charge on any atom is -0.399 e. The van der Waals surface area contributed by atoms with Crippen LogP contribution in [0.25, 0.3) is 0 Å². The molecule has 8 heteroatoms. The van der Waals surface area contributed by atoms with E-state index in [9.17, 15) is 17.6 Å². The van der Waals surface area contributed by atoms with Crippen LogP contribution in [-0.2, 0) is 10.0 Å². The van der Waals surface area contributed by atoms with Crippen molar-refractivity contribution in [3.8, 4) is 0 Å². The minimum absolute atomic E-state index is 0.0491. The Balaban J connectivity index is 2.09. The van der Waals surface area contributed by atoms with Crippen LogP contribution in [0.3, 0.4) is 0 Å². The number of carbonyl (C=O) groups is 1. The van der Waals surface area contributed by atoms with Crippen molar-refractivity contribution in [2.45, 2.75) is 0 Å². The first-order chi connectivity index (χ1) is 9.29. The molecule has 6 nitrogen and oxygen atoms in total. The van der Waals surface area contributed by atoms with Gasteiger partial charge in [0.2, 0.25) is 10.0 Å². The molecule has 0 atom stereocenters. The molecule has 0 spiro atoms. The van der Waals surface area contributed by atoms with Gasteiger partial charge in [-0.15, -0.1) is 0 Å². The third kappa shape index (κ3) is 3.07. The molecule has 1 aliphatic rings. The van der Waals surface area contributed by atoms with Crippen LogP contribution in [-0.4, -0.2) is 56.0 Å². The fraction of sp³-hybridized carbons (Fsp3) is 0.417. The molecule has 1 heterocycles. The average Bonchev–Trinajstić information content (AvgIpc) is 2.37. The summed E-state index contributed by atoms with van der Waals surface area (Å²) in [5.74, 6) is -1.11. The first-order valence-corrected chi connectivity index (χ1v) is 7.93. The number of nitrogen functional groups attached to an aromatic ring is 1. The fourth-order valence-electron chi connectivity index (χ4n) is 2.10. The molecule has 1 aromatic rings. The van der Waals surface area contributed by atoms with Gasteiger partial charge in [-0.25, -0.2) is 12.8 Å². The molecule has 0 radical (unpaired) electrons. The Kier molecular flexibility index (Phi) is 3.96. The summed E-state index contributed by atoms with van der Waals surface area (Å²) in [6, 6.07) is 3.90. The molecule has 1 fully saturated rings. The second-order valence-electron chi connectivity index (χ2n) is 4.69. The summed E-state index contributed by atoms with van der Waals surface area (Å²) in [5, 5.41) is 0. The number of nitrogens with zero attached hydrogens (tertiary/aromatic N) is 2. The first-order valence-electron chi connectivity index (χ1n) is 6.08. The van der Waals surface area contributed by atoms with Gasteiger partial charge in [0.05, 0.1) is 11.8 Å². The highest BCUT2D eigenvalue weighted by Crippen LogP contribution is 2.16. The fourth-order valence-corrected chi connectivity index (χ4v) is 2.92. The van der Waals surface area contributed by atoms with E-state index in [2.05, 4.69) is 0 Å². The predicted octanol–water partition coefficient (Wildman–Crippen LogP) is 0.125. The van der Waals surface area contributed by atoms with Crippen molar-refractivity contribution in [2.24, 2.45) is 0 Å². The van der Waals surface area contributed by atoms with E-state index in [-0.39, 0.29) is 37.4 Å². The lowest BCUT2D eigenvalue weighted by atomic mass is 10.1. The van der Waals surface area contributed by atoms with E-state index in [1.807, 2.05) is 0 Å². The molecule has 20 heavy (non-hydrogen) atoms. The van der Waals surface area contributed by atoms with Gasteiger partial charge in [0.15, 0.2) is 0 Å². The van der Waals surface area contributed by atoms with Gasteiger partial charge in [0, 0.05) is 31.9 Å². The smallest absolute Gasteiger partial charge is 0.256 e. The highest BCUT2D eigenvalue weighted by Gasteiger charge is 2.27. The molecule has 1 saturated heterocycles. The van der Waals surface area contributed by atoms with Gasteiger partial charge >= 0.3 is 0 Å². The topological polar surface area (TPSA) is 83.7 Å². The van der Waals surface area contributed by atoms with E-state index < -0.39 is 21.7 Å². The SMILES string of the molecule is CS(=O)(=O)N1CCN(C(=O)c2ccc(N)cc2F)CC1. The number of carbonyl (C=O) groups excluding carboxylic acids is 1. The summed E-state index contributed by atoms with van der Waals surface area (Å²) in [6.07, 6.45) is 1.13. The predicted molar refractivity (Wildman–Crippen MR) is 73.1 cm³/mol. The van der Waals surface area contributed by atoms with Gasteiger partial charge in [-0.3, -0.25) is 4.79 Å². The van der Waals surface area contributed by atoms with Gasteiger partial charge < -0.3 is 10.6 Å². The first kappa shape index (κ1) is 14.7. The van der Waals surface area contributed by atoms with Crippen LogP contribution >= 0.6 is 0 Å². The normalized spacial score (nSPS) is 17.2. The van der Waals surface area contributed by atoms with E-state index in [4.69, 9.17) is 5.73 Å². The minimum atomic E-state index is -3.25. The lowest BCUT2D eigenvalue weighted by molar-refractivity contribution is 0.0693. The number of sulfonamides is 1. The summed E-state index contributed by atoms with van der Waals surface area (Å²) in [7, 11) is -3.25. The zero-order valence-corrected chi connectivity index (χ0v) is 11.9. The third-order valence-electron chi connectivity index (χ3n) is 3.22. The Morgan fingerprint density at radius 2 is 1.85 bits per heavy atom. The zero-order valence-electron chi connectivity index (χ0n) is 11.0. The molecule has 1 aliphatic heterocycles. The molecule has 1 amide bonds. The number of hydrogen-bond donors (Lipinski definition) is 1. The molecular weight excluding hydrogens is 285 g/mol. The molecule has 1 aromatic carbocycles. The third-order valence-corrected chi connectivity index (χ3v) is 4.52. The Labute approximate surface area is 117 Å². The van der Waals surface area contributed by atoms with E-state index in [0.29, 0.717) is 0 Å². The lowest BCUT2D eigenvalue weighted by Gasteiger charge is -2.33. The largest absolute Gasteiger partial charge is 0.399 e. The number of nitrogens with two attached hydrogens (primary N) is 1. The van der Waals surface area contributed by atoms with Gasteiger partial charge in [-0.1, -0.05) is 0 Å². The number of piperazine rings is 1. The van der Waals surface area contributed by atoms with Gasteiger partial charge in [0.25, 0.3) is 5.91 Å². The van der Waals surface area contributed by atoms with Crippen molar-refractivity contribution in [3.63, 3.8) is 0 Å². The highest BCUT2D eigenvalue weighted by atomic mass is 32.2. The van der Waals surface area contributed by atoms with Crippen molar-refractivity contribution < 1.29 is 17.6 Å². The van der Waals surface area contributed by atoms with Crippen molar-refractivity contribution >= 4 is 21.6 Å². The standard InChI is InChI=1S/C12H16FN3O3S/c1-20(18,19)16-6-4-15(5-7-16)12(17)10-3-2-9(14)8-11(10)13/h2-3,8H,4-7,14H2,1H3. The molecule has 0 aliphatic carbocycles. The van der Waals surface area contributed by atoms with E-state index >= 15 is 0 Å². The number of rotatable bonds is 2. The van der Waals surface area contributed by atoms with Crippen molar-refractivity contribution in [2.75, 3.05) is 38.2 Å². The molecule has 2 rings (SSSR count). The van der Waals surface area contributed by atoms with Gasteiger partial charge in [0.1, 0.15) is 5.82 Å². The maximum atomic E-state index is 13.7. The quantitative estimate of drug-likeness (QED) is 0.787. The van der Waals surface area contributed by atoms with Crippen molar-refractivity contribution in [3.05, 3.63) is 29.6 Å². The number of benzene rings is 1. The Hall–Kier alpha value is -1.67. The summed E-state index contributed by atoms with van der Waals surface area (Å²) in [6.45, 7) is 0.938. The second-order valence-corrected chi connectivity index (χ2v) is 6.68. The lowest BCUT2D eigenvalue weighted by Crippen LogP contribution is -2.50. The zero-order chi connectivity index (χ0) is 14.9. The van der Waals surface area contributed by atoms with E-state index in [1.54, 1.807) is 0 Å². The summed E-state index contributed by atoms with van der Waals surface area (Å²) in [5.41, 5.74) is 5.64. The highest BCUT2D eigenvalue weighted by molar-refractivity contribution is 7.88. The molecular formula is C12H16FN3O3S. The summed E-state index contributed by atoms with van der Waals surface area (Å²) < 4.78 is 37.7. The molecule has 2 N–H and O–H groups in total. The van der Waals surface area contributed by atoms with Crippen molar-refractivity contribution in [1.29, 1.82) is 0 Å². The number of anilines is 1. The van der Waals surface area contributed by atoms with Gasteiger partial charge in [-0.05, 0) is 18.2 Å². The Morgan fingerprint density at radius 1 is 1.25 bits per heavy atom. The van der Waals surface area contributed by atoms with Crippen molar-refractivity contribution in [1.82, 2.24) is 9.21 Å².